The van der Waals surface area contributed by atoms with E-state index in [9.17, 15) is 9.59 Å². The molecule has 6 nitrogen and oxygen atoms in total. The van der Waals surface area contributed by atoms with Gasteiger partial charge in [0.05, 0.1) is 36.4 Å². The van der Waals surface area contributed by atoms with Crippen molar-refractivity contribution in [1.82, 2.24) is 5.32 Å². The van der Waals surface area contributed by atoms with Gasteiger partial charge in [0.1, 0.15) is 5.75 Å². The molecule has 28 heavy (non-hydrogen) atoms. The van der Waals surface area contributed by atoms with E-state index in [2.05, 4.69) is 5.32 Å². The van der Waals surface area contributed by atoms with E-state index in [1.165, 1.54) is 0 Å². The molecule has 2 rings (SSSR count). The van der Waals surface area contributed by atoms with Crippen molar-refractivity contribution >= 4 is 11.9 Å². The minimum Gasteiger partial charge on any atom is -0.496 e. The summed E-state index contributed by atoms with van der Waals surface area (Å²) in [6, 6.07) is 7.34. The van der Waals surface area contributed by atoms with Crippen LogP contribution in [0.2, 0.25) is 0 Å². The van der Waals surface area contributed by atoms with Gasteiger partial charge in [0.25, 0.3) is 0 Å². The van der Waals surface area contributed by atoms with Crippen LogP contribution in [0.4, 0.5) is 0 Å². The third-order valence-corrected chi connectivity index (χ3v) is 4.34. The van der Waals surface area contributed by atoms with E-state index in [0.717, 1.165) is 0 Å². The quantitative estimate of drug-likeness (QED) is 0.748. The molecule has 152 valence electrons. The summed E-state index contributed by atoms with van der Waals surface area (Å²) in [5.41, 5.74) is 2.73. The Bertz CT molecular complexity index is 776. The molecule has 1 heterocycles. The van der Waals surface area contributed by atoms with Crippen LogP contribution in [0.5, 0.6) is 5.75 Å². The number of carbonyl (C=O) groups excluding carboxylic acids is 2. The molecule has 0 amide bonds. The fourth-order valence-corrected chi connectivity index (χ4v) is 3.31. The highest BCUT2D eigenvalue weighted by molar-refractivity contribution is 6.00. The Morgan fingerprint density at radius 2 is 1.36 bits per heavy atom. The molecule has 1 aromatic rings. The van der Waals surface area contributed by atoms with Gasteiger partial charge in [-0.3, -0.25) is 0 Å². The van der Waals surface area contributed by atoms with Gasteiger partial charge < -0.3 is 19.5 Å². The van der Waals surface area contributed by atoms with Gasteiger partial charge in [-0.15, -0.1) is 0 Å². The number of ether oxygens (including phenoxy) is 3. The number of carbonyl (C=O) groups is 2. The van der Waals surface area contributed by atoms with Gasteiger partial charge in [-0.2, -0.15) is 0 Å². The molecule has 0 aliphatic carbocycles. The lowest BCUT2D eigenvalue weighted by Crippen LogP contribution is -2.33. The number of nitrogens with one attached hydrogen (secondary N) is 1. The van der Waals surface area contributed by atoms with Crippen molar-refractivity contribution in [1.29, 1.82) is 0 Å². The number of esters is 2. The Morgan fingerprint density at radius 1 is 0.893 bits per heavy atom. The normalized spacial score (nSPS) is 15.0. The van der Waals surface area contributed by atoms with Gasteiger partial charge >= 0.3 is 11.9 Å². The number of methoxy groups -OCH3 is 1. The molecule has 0 bridgehead atoms. The number of hydrogen-bond acceptors (Lipinski definition) is 6. The van der Waals surface area contributed by atoms with Crippen molar-refractivity contribution in [2.24, 2.45) is 0 Å². The van der Waals surface area contributed by atoms with E-state index in [1.54, 1.807) is 54.7 Å². The van der Waals surface area contributed by atoms with E-state index in [1.807, 2.05) is 18.2 Å². The molecule has 0 saturated heterocycles. The number of hydrogen-bond donors (Lipinski definition) is 1. The third-order valence-electron chi connectivity index (χ3n) is 4.34. The molecule has 0 spiro atoms. The molecule has 0 unspecified atom stereocenters. The maximum absolute atomic E-state index is 13.0. The van der Waals surface area contributed by atoms with Crippen molar-refractivity contribution < 1.29 is 23.8 Å². The molecule has 1 aliphatic heterocycles. The van der Waals surface area contributed by atoms with Gasteiger partial charge in [-0.1, -0.05) is 18.2 Å². The van der Waals surface area contributed by atoms with E-state index in [0.29, 0.717) is 33.9 Å². The second-order valence-corrected chi connectivity index (χ2v) is 7.29. The molecular weight excluding hydrogens is 358 g/mol. The smallest absolute Gasteiger partial charge is 0.337 e. The number of dihydropyridines is 1. The van der Waals surface area contributed by atoms with Crippen LogP contribution in [0.15, 0.2) is 46.8 Å². The molecule has 1 aromatic carbocycles. The van der Waals surface area contributed by atoms with Gasteiger partial charge in [0.2, 0.25) is 0 Å². The highest BCUT2D eigenvalue weighted by Crippen LogP contribution is 2.42. The first-order valence-electron chi connectivity index (χ1n) is 9.40. The summed E-state index contributed by atoms with van der Waals surface area (Å²) in [5, 5.41) is 3.14. The zero-order valence-electron chi connectivity index (χ0n) is 17.6. The van der Waals surface area contributed by atoms with E-state index in [4.69, 9.17) is 14.2 Å². The summed E-state index contributed by atoms with van der Waals surface area (Å²) in [5.74, 6) is -1.02. The predicted molar refractivity (Wildman–Crippen MR) is 107 cm³/mol. The maximum atomic E-state index is 13.0. The molecule has 1 N–H and O–H groups in total. The van der Waals surface area contributed by atoms with Crippen LogP contribution >= 0.6 is 0 Å². The van der Waals surface area contributed by atoms with Crippen LogP contribution in [0.1, 0.15) is 53.0 Å². The minimum absolute atomic E-state index is 0.288. The Labute approximate surface area is 166 Å². The molecule has 6 heteroatoms. The average molecular weight is 387 g/mol. The largest absolute Gasteiger partial charge is 0.496 e. The Morgan fingerprint density at radius 3 is 1.79 bits per heavy atom. The Hall–Kier alpha value is -2.76. The average Bonchev–Trinajstić information content (AvgIpc) is 2.59. The summed E-state index contributed by atoms with van der Waals surface area (Å²) in [7, 11) is 1.56. The molecule has 0 radical (unpaired) electrons. The number of benzene rings is 1. The minimum atomic E-state index is -0.658. The molecule has 0 saturated carbocycles. The highest BCUT2D eigenvalue weighted by Gasteiger charge is 2.39. The summed E-state index contributed by atoms with van der Waals surface area (Å²) in [6.45, 7) is 10.8. The van der Waals surface area contributed by atoms with E-state index < -0.39 is 17.9 Å². The second-order valence-electron chi connectivity index (χ2n) is 7.29. The van der Waals surface area contributed by atoms with Gasteiger partial charge in [0.15, 0.2) is 0 Å². The summed E-state index contributed by atoms with van der Waals surface area (Å²) in [4.78, 5) is 25.9. The summed E-state index contributed by atoms with van der Waals surface area (Å²) >= 11 is 0. The number of rotatable bonds is 6. The van der Waals surface area contributed by atoms with Crippen LogP contribution in [-0.4, -0.2) is 31.3 Å². The van der Waals surface area contributed by atoms with Crippen LogP contribution < -0.4 is 10.1 Å². The van der Waals surface area contributed by atoms with E-state index in [-0.39, 0.29) is 12.2 Å². The first-order chi connectivity index (χ1) is 13.2. The lowest BCUT2D eigenvalue weighted by Gasteiger charge is -2.31. The lowest BCUT2D eigenvalue weighted by molar-refractivity contribution is -0.143. The summed E-state index contributed by atoms with van der Waals surface area (Å²) in [6.07, 6.45) is -0.576. The fourth-order valence-electron chi connectivity index (χ4n) is 3.31. The molecule has 0 fully saturated rings. The fraction of sp³-hybridized carbons (Fsp3) is 0.455. The Kier molecular flexibility index (Phi) is 6.89. The molecule has 0 aromatic heterocycles. The molecule has 0 atom stereocenters. The maximum Gasteiger partial charge on any atom is 0.337 e. The highest BCUT2D eigenvalue weighted by atomic mass is 16.5. The first-order valence-corrected chi connectivity index (χ1v) is 9.40. The zero-order valence-corrected chi connectivity index (χ0v) is 17.6. The van der Waals surface area contributed by atoms with Crippen molar-refractivity contribution in [3.05, 3.63) is 52.4 Å². The third kappa shape index (κ3) is 4.55. The van der Waals surface area contributed by atoms with Crippen molar-refractivity contribution in [3.8, 4) is 5.75 Å². The number of allylic oxidation sites excluding steroid dienone is 2. The van der Waals surface area contributed by atoms with Crippen LogP contribution in [0.25, 0.3) is 0 Å². The van der Waals surface area contributed by atoms with Crippen LogP contribution in [-0.2, 0) is 19.1 Å². The second kappa shape index (κ2) is 8.95. The predicted octanol–water partition coefficient (Wildman–Crippen LogP) is 3.83. The van der Waals surface area contributed by atoms with Gasteiger partial charge in [-0.25, -0.2) is 9.59 Å². The topological polar surface area (TPSA) is 73.9 Å². The van der Waals surface area contributed by atoms with Crippen LogP contribution in [0.3, 0.4) is 0 Å². The molecule has 1 aliphatic rings. The SMILES string of the molecule is COc1ccccc1C1C(C(=O)OC(C)C)=C(C)NC(C)=C1C(=O)OC(C)C. The zero-order chi connectivity index (χ0) is 21.0. The number of para-hydroxylation sites is 1. The van der Waals surface area contributed by atoms with Crippen molar-refractivity contribution in [2.75, 3.05) is 7.11 Å². The standard InChI is InChI=1S/C22H29NO5/c1-12(2)27-21(24)18-14(5)23-15(6)19(22(25)28-13(3)4)20(18)16-10-8-9-11-17(16)26-7/h8-13,20,23H,1-7H3. The lowest BCUT2D eigenvalue weighted by atomic mass is 9.80. The first kappa shape index (κ1) is 21.5. The molecular formula is C22H29NO5. The van der Waals surface area contributed by atoms with Gasteiger partial charge in [-0.05, 0) is 47.6 Å². The van der Waals surface area contributed by atoms with E-state index >= 15 is 0 Å². The monoisotopic (exact) mass is 387 g/mol. The van der Waals surface area contributed by atoms with Crippen LogP contribution in [0, 0.1) is 0 Å². The van der Waals surface area contributed by atoms with Gasteiger partial charge in [0, 0.05) is 17.0 Å². The van der Waals surface area contributed by atoms with Crippen molar-refractivity contribution in [2.45, 2.75) is 59.7 Å². The van der Waals surface area contributed by atoms with Crippen molar-refractivity contribution in [3.63, 3.8) is 0 Å². The summed E-state index contributed by atoms with van der Waals surface area (Å²) < 4.78 is 16.5. The Balaban J connectivity index is 2.69.